The third kappa shape index (κ3) is 5.25. The second kappa shape index (κ2) is 8.55. The minimum Gasteiger partial charge on any atom is -0.376 e. The van der Waals surface area contributed by atoms with Gasteiger partial charge in [0.1, 0.15) is 5.82 Å². The van der Waals surface area contributed by atoms with Gasteiger partial charge in [-0.3, -0.25) is 4.79 Å². The molecule has 0 radical (unpaired) electrons. The van der Waals surface area contributed by atoms with Gasteiger partial charge in [-0.1, -0.05) is 0 Å². The van der Waals surface area contributed by atoms with E-state index in [1.807, 2.05) is 0 Å². The average Bonchev–Trinajstić information content (AvgIpc) is 3.06. The van der Waals surface area contributed by atoms with Crippen molar-refractivity contribution in [2.45, 2.75) is 36.7 Å². The molecule has 1 aromatic rings. The quantitative estimate of drug-likeness (QED) is 0.764. The zero-order valence-corrected chi connectivity index (χ0v) is 14.5. The number of sulfonamides is 1. The highest BCUT2D eigenvalue weighted by molar-refractivity contribution is 7.89. The molecule has 24 heavy (non-hydrogen) atoms. The van der Waals surface area contributed by atoms with Crippen molar-refractivity contribution in [3.63, 3.8) is 0 Å². The molecule has 1 N–H and O–H groups in total. The summed E-state index contributed by atoms with van der Waals surface area (Å²) in [6.07, 6.45) is 2.73. The number of carbonyl (C=O) groups excluding carboxylic acids is 1. The molecular weight excluding hydrogens is 335 g/mol. The van der Waals surface area contributed by atoms with Gasteiger partial charge in [0.15, 0.2) is 0 Å². The van der Waals surface area contributed by atoms with Crippen LogP contribution in [0.25, 0.3) is 0 Å². The van der Waals surface area contributed by atoms with Crippen LogP contribution in [0.5, 0.6) is 0 Å². The molecule has 0 aromatic heterocycles. The normalized spacial score (nSPS) is 18.0. The minimum atomic E-state index is -3.66. The lowest BCUT2D eigenvalue weighted by atomic mass is 10.2. The lowest BCUT2D eigenvalue weighted by molar-refractivity contribution is -0.121. The van der Waals surface area contributed by atoms with Gasteiger partial charge in [0, 0.05) is 33.2 Å². The molecule has 1 fully saturated rings. The number of rotatable bonds is 8. The molecule has 6 nitrogen and oxygen atoms in total. The van der Waals surface area contributed by atoms with E-state index in [1.165, 1.54) is 23.5 Å². The van der Waals surface area contributed by atoms with Crippen molar-refractivity contribution >= 4 is 15.9 Å². The highest BCUT2D eigenvalue weighted by Crippen LogP contribution is 2.15. The first kappa shape index (κ1) is 18.8. The van der Waals surface area contributed by atoms with E-state index in [1.54, 1.807) is 0 Å². The average molecular weight is 358 g/mol. The van der Waals surface area contributed by atoms with E-state index in [-0.39, 0.29) is 29.9 Å². The van der Waals surface area contributed by atoms with E-state index in [0.717, 1.165) is 31.6 Å². The van der Waals surface area contributed by atoms with Gasteiger partial charge in [-0.2, -0.15) is 0 Å². The van der Waals surface area contributed by atoms with Gasteiger partial charge in [0.2, 0.25) is 15.9 Å². The molecule has 1 aliphatic rings. The maximum absolute atomic E-state index is 12.9. The van der Waals surface area contributed by atoms with Crippen molar-refractivity contribution < 1.29 is 22.3 Å². The van der Waals surface area contributed by atoms with Gasteiger partial charge in [-0.25, -0.2) is 17.1 Å². The van der Waals surface area contributed by atoms with Crippen molar-refractivity contribution in [1.29, 1.82) is 0 Å². The van der Waals surface area contributed by atoms with Crippen LogP contribution in [-0.4, -0.2) is 51.5 Å². The predicted molar refractivity (Wildman–Crippen MR) is 87.4 cm³/mol. The van der Waals surface area contributed by atoms with E-state index >= 15 is 0 Å². The number of ether oxygens (including phenoxy) is 1. The Bertz CT molecular complexity index is 643. The molecule has 1 aromatic carbocycles. The van der Waals surface area contributed by atoms with Crippen molar-refractivity contribution in [3.05, 3.63) is 30.1 Å². The fraction of sp³-hybridized carbons (Fsp3) is 0.562. The van der Waals surface area contributed by atoms with E-state index < -0.39 is 15.8 Å². The van der Waals surface area contributed by atoms with Crippen LogP contribution < -0.4 is 5.32 Å². The van der Waals surface area contributed by atoms with Gasteiger partial charge in [-0.05, 0) is 43.5 Å². The number of halogens is 1. The number of benzene rings is 1. The van der Waals surface area contributed by atoms with E-state index in [4.69, 9.17) is 4.74 Å². The number of nitrogens with one attached hydrogen (secondary N) is 1. The summed E-state index contributed by atoms with van der Waals surface area (Å²) >= 11 is 0. The summed E-state index contributed by atoms with van der Waals surface area (Å²) < 4.78 is 44.1. The Morgan fingerprint density at radius 1 is 1.38 bits per heavy atom. The van der Waals surface area contributed by atoms with Crippen LogP contribution >= 0.6 is 0 Å². The maximum atomic E-state index is 12.9. The highest BCUT2D eigenvalue weighted by atomic mass is 32.2. The lowest BCUT2D eigenvalue weighted by Gasteiger charge is -2.17. The Morgan fingerprint density at radius 3 is 2.71 bits per heavy atom. The Morgan fingerprint density at radius 2 is 2.08 bits per heavy atom. The first-order valence-corrected chi connectivity index (χ1v) is 9.44. The Balaban J connectivity index is 1.74. The Labute approximate surface area is 142 Å². The number of hydrogen-bond donors (Lipinski definition) is 1. The standard InChI is InChI=1S/C16H23FN2O4S/c1-19(24(21,22)15-8-6-13(17)7-9-15)10-2-5-16(20)18-12-14-4-3-11-23-14/h6-9,14H,2-5,10-12H2,1H3,(H,18,20). The van der Waals surface area contributed by atoms with Crippen LogP contribution in [0.1, 0.15) is 25.7 Å². The zero-order valence-electron chi connectivity index (χ0n) is 13.7. The molecule has 134 valence electrons. The SMILES string of the molecule is CN(CCCC(=O)NCC1CCCO1)S(=O)(=O)c1ccc(F)cc1. The molecule has 1 atom stereocenters. The third-order valence-electron chi connectivity index (χ3n) is 3.95. The molecule has 0 aliphatic carbocycles. The van der Waals surface area contributed by atoms with Crippen LogP contribution in [0.4, 0.5) is 4.39 Å². The molecular formula is C16H23FN2O4S. The van der Waals surface area contributed by atoms with Crippen LogP contribution in [0.3, 0.4) is 0 Å². The van der Waals surface area contributed by atoms with Crippen LogP contribution in [0, 0.1) is 5.82 Å². The lowest BCUT2D eigenvalue weighted by Crippen LogP contribution is -2.33. The molecule has 0 saturated carbocycles. The van der Waals surface area contributed by atoms with Gasteiger partial charge in [0.05, 0.1) is 11.0 Å². The molecule has 1 unspecified atom stereocenters. The smallest absolute Gasteiger partial charge is 0.242 e. The topological polar surface area (TPSA) is 75.7 Å². The number of hydrogen-bond acceptors (Lipinski definition) is 4. The molecule has 1 heterocycles. The van der Waals surface area contributed by atoms with Gasteiger partial charge in [-0.15, -0.1) is 0 Å². The fourth-order valence-electron chi connectivity index (χ4n) is 2.49. The number of amides is 1. The van der Waals surface area contributed by atoms with Crippen molar-refractivity contribution in [2.75, 3.05) is 26.7 Å². The molecule has 0 bridgehead atoms. The molecule has 0 spiro atoms. The first-order valence-electron chi connectivity index (χ1n) is 8.00. The molecule has 8 heteroatoms. The van der Waals surface area contributed by atoms with Crippen molar-refractivity contribution in [2.24, 2.45) is 0 Å². The van der Waals surface area contributed by atoms with Gasteiger partial charge < -0.3 is 10.1 Å². The maximum Gasteiger partial charge on any atom is 0.242 e. The van der Waals surface area contributed by atoms with Crippen LogP contribution in [0.2, 0.25) is 0 Å². The van der Waals surface area contributed by atoms with Crippen molar-refractivity contribution in [3.8, 4) is 0 Å². The summed E-state index contributed by atoms with van der Waals surface area (Å²) in [5.74, 6) is -0.599. The van der Waals surface area contributed by atoms with E-state index in [0.29, 0.717) is 13.0 Å². The number of nitrogens with zero attached hydrogens (tertiary/aromatic N) is 1. The zero-order chi connectivity index (χ0) is 17.6. The molecule has 2 rings (SSSR count). The largest absolute Gasteiger partial charge is 0.376 e. The van der Waals surface area contributed by atoms with E-state index in [2.05, 4.69) is 5.32 Å². The monoisotopic (exact) mass is 358 g/mol. The second-order valence-electron chi connectivity index (χ2n) is 5.82. The second-order valence-corrected chi connectivity index (χ2v) is 7.87. The summed E-state index contributed by atoms with van der Waals surface area (Å²) in [7, 11) is -2.22. The third-order valence-corrected chi connectivity index (χ3v) is 5.82. The molecule has 1 saturated heterocycles. The van der Waals surface area contributed by atoms with Crippen molar-refractivity contribution in [1.82, 2.24) is 9.62 Å². The summed E-state index contributed by atoms with van der Waals surface area (Å²) in [6.45, 7) is 1.46. The molecule has 1 amide bonds. The molecule has 1 aliphatic heterocycles. The minimum absolute atomic E-state index is 0.0363. The highest BCUT2D eigenvalue weighted by Gasteiger charge is 2.21. The van der Waals surface area contributed by atoms with E-state index in [9.17, 15) is 17.6 Å². The summed E-state index contributed by atoms with van der Waals surface area (Å²) in [5.41, 5.74) is 0. The fourth-order valence-corrected chi connectivity index (χ4v) is 3.70. The van der Waals surface area contributed by atoms with Crippen LogP contribution in [0.15, 0.2) is 29.2 Å². The first-order chi connectivity index (χ1) is 11.4. The van der Waals surface area contributed by atoms with Gasteiger partial charge >= 0.3 is 0 Å². The van der Waals surface area contributed by atoms with Gasteiger partial charge in [0.25, 0.3) is 0 Å². The Hall–Kier alpha value is -1.51. The van der Waals surface area contributed by atoms with Crippen LogP contribution in [-0.2, 0) is 19.6 Å². The number of carbonyl (C=O) groups is 1. The summed E-state index contributed by atoms with van der Waals surface area (Å²) in [5, 5.41) is 2.80. The predicted octanol–water partition coefficient (Wildman–Crippen LogP) is 1.52. The summed E-state index contributed by atoms with van der Waals surface area (Å²) in [4.78, 5) is 11.8. The Kier molecular flexibility index (Phi) is 6.70. The summed E-state index contributed by atoms with van der Waals surface area (Å²) in [6, 6.07) is 4.68.